The third kappa shape index (κ3) is 4.48. The molecule has 4 nitrogen and oxygen atoms in total. The molecule has 6 rings (SSSR count). The Labute approximate surface area is 223 Å². The van der Waals surface area contributed by atoms with Crippen LogP contribution >= 0.6 is 11.6 Å². The molecule has 1 saturated carbocycles. The zero-order valence-corrected chi connectivity index (χ0v) is 22.1. The molecule has 2 N–H and O–H groups in total. The molecule has 3 heterocycles. The molecular weight excluding hydrogens is 492 g/mol. The third-order valence-electron chi connectivity index (χ3n) is 9.86. The Bertz CT molecular complexity index is 1150. The van der Waals surface area contributed by atoms with Gasteiger partial charge in [0.15, 0.2) is 5.69 Å². The average molecular weight is 529 g/mol. The van der Waals surface area contributed by atoms with Crippen LogP contribution in [-0.2, 0) is 16.6 Å². The summed E-state index contributed by atoms with van der Waals surface area (Å²) in [5, 5.41) is 4.19. The molecule has 2 aromatic rings. The lowest BCUT2D eigenvalue weighted by molar-refractivity contribution is -0.390. The van der Waals surface area contributed by atoms with Crippen LogP contribution in [0.25, 0.3) is 0 Å². The minimum atomic E-state index is -0.458. The van der Waals surface area contributed by atoms with E-state index in [2.05, 4.69) is 21.3 Å². The number of halogens is 3. The number of fused-ring (bicyclic) bond motifs is 2. The number of rotatable bonds is 3. The molecule has 0 radical (unpaired) electrons. The minimum Gasteiger partial charge on any atom is -0.339 e. The number of piperidine rings is 1. The van der Waals surface area contributed by atoms with Crippen molar-refractivity contribution in [3.63, 3.8) is 0 Å². The van der Waals surface area contributed by atoms with Crippen molar-refractivity contribution in [2.75, 3.05) is 19.6 Å². The number of likely N-dealkylation sites (tertiary alicyclic amines) is 1. The van der Waals surface area contributed by atoms with E-state index in [9.17, 15) is 13.6 Å². The van der Waals surface area contributed by atoms with E-state index < -0.39 is 11.6 Å². The fourth-order valence-electron chi connectivity index (χ4n) is 8.12. The number of H-pyrrole nitrogens is 1. The number of carbonyl (C=O) groups is 1. The largest absolute Gasteiger partial charge is 0.339 e. The Balaban J connectivity index is 1.32. The molecule has 2 aliphatic heterocycles. The molecule has 4 aliphatic rings. The van der Waals surface area contributed by atoms with Gasteiger partial charge in [-0.25, -0.2) is 8.78 Å². The summed E-state index contributed by atoms with van der Waals surface area (Å²) >= 11 is 6.28. The van der Waals surface area contributed by atoms with Crippen LogP contribution < -0.4 is 10.3 Å². The standard InChI is InChI=1S/C30H36ClF2N3O/c31-27-12-11-21-25(35-27)10-5-14-30(21)18-34-17-22(30)29(37)36-15-13-20(28-23(32)8-4-9-24(28)33)16-26(36)19-6-2-1-3-7-19/h4,8-9,11-12,19-20,22,26,34H,1-3,5-7,10,13-18H2/p+1/t20-,22+,26+,30+/m1/s1. The predicted octanol–water partition coefficient (Wildman–Crippen LogP) is 5.58. The number of hydrogen-bond acceptors (Lipinski definition) is 2. The summed E-state index contributed by atoms with van der Waals surface area (Å²) in [7, 11) is 0. The van der Waals surface area contributed by atoms with E-state index in [0.717, 1.165) is 44.3 Å². The first kappa shape index (κ1) is 25.2. The van der Waals surface area contributed by atoms with Crippen molar-refractivity contribution in [2.45, 2.75) is 81.6 Å². The smallest absolute Gasteiger partial charge is 0.273 e. The van der Waals surface area contributed by atoms with E-state index in [0.29, 0.717) is 37.0 Å². The van der Waals surface area contributed by atoms with Gasteiger partial charge in [-0.05, 0) is 80.2 Å². The molecule has 0 unspecified atom stereocenters. The van der Waals surface area contributed by atoms with Gasteiger partial charge in [0.05, 0.1) is 5.92 Å². The minimum absolute atomic E-state index is 0.0306. The Morgan fingerprint density at radius 1 is 1.05 bits per heavy atom. The lowest BCUT2D eigenvalue weighted by Crippen LogP contribution is -2.55. The highest BCUT2D eigenvalue weighted by atomic mass is 35.5. The van der Waals surface area contributed by atoms with Crippen molar-refractivity contribution in [1.82, 2.24) is 10.2 Å². The predicted molar refractivity (Wildman–Crippen MR) is 139 cm³/mol. The van der Waals surface area contributed by atoms with Crippen molar-refractivity contribution in [3.05, 3.63) is 63.9 Å². The highest BCUT2D eigenvalue weighted by molar-refractivity contribution is 6.28. The van der Waals surface area contributed by atoms with Crippen molar-refractivity contribution < 1.29 is 18.6 Å². The zero-order valence-electron chi connectivity index (χ0n) is 21.4. The van der Waals surface area contributed by atoms with Gasteiger partial charge in [0.1, 0.15) is 11.6 Å². The summed E-state index contributed by atoms with van der Waals surface area (Å²) in [6.07, 6.45) is 9.93. The Morgan fingerprint density at radius 3 is 2.62 bits per heavy atom. The molecule has 1 aromatic heterocycles. The van der Waals surface area contributed by atoms with Gasteiger partial charge in [-0.1, -0.05) is 25.3 Å². The van der Waals surface area contributed by atoms with Crippen LogP contribution in [-0.4, -0.2) is 36.5 Å². The maximum Gasteiger partial charge on any atom is 0.273 e. The quantitative estimate of drug-likeness (QED) is 0.529. The van der Waals surface area contributed by atoms with Crippen molar-refractivity contribution in [3.8, 4) is 0 Å². The number of aryl methyl sites for hydroxylation is 1. The first-order valence-electron chi connectivity index (χ1n) is 14.1. The van der Waals surface area contributed by atoms with E-state index in [4.69, 9.17) is 11.6 Å². The molecule has 37 heavy (non-hydrogen) atoms. The number of benzene rings is 1. The maximum atomic E-state index is 14.8. The lowest BCUT2D eigenvalue weighted by atomic mass is 9.64. The number of pyridine rings is 1. The van der Waals surface area contributed by atoms with Gasteiger partial charge in [-0.15, -0.1) is 0 Å². The summed E-state index contributed by atoms with van der Waals surface area (Å²) in [6.45, 7) is 2.02. The second-order valence-corrected chi connectivity index (χ2v) is 12.2. The highest BCUT2D eigenvalue weighted by Gasteiger charge is 2.54. The van der Waals surface area contributed by atoms with Crippen LogP contribution in [0.4, 0.5) is 8.78 Å². The molecule has 3 fully saturated rings. The van der Waals surface area contributed by atoms with Crippen molar-refractivity contribution >= 4 is 17.5 Å². The molecule has 1 aromatic carbocycles. The number of aromatic nitrogens is 1. The molecule has 198 valence electrons. The Kier molecular flexibility index (Phi) is 7.00. The number of nitrogens with one attached hydrogen (secondary N) is 2. The number of nitrogens with zero attached hydrogens (tertiary/aromatic N) is 1. The highest BCUT2D eigenvalue weighted by Crippen LogP contribution is 2.47. The average Bonchev–Trinajstić information content (AvgIpc) is 3.32. The fourth-order valence-corrected chi connectivity index (χ4v) is 8.29. The van der Waals surface area contributed by atoms with E-state index in [1.165, 1.54) is 43.0 Å². The van der Waals surface area contributed by atoms with Crippen LogP contribution in [0, 0.1) is 23.5 Å². The fraction of sp³-hybridized carbons (Fsp3) is 0.600. The summed E-state index contributed by atoms with van der Waals surface area (Å²) in [6, 6.07) is 8.22. The molecule has 0 bridgehead atoms. The second kappa shape index (κ2) is 10.3. The number of amides is 1. The summed E-state index contributed by atoms with van der Waals surface area (Å²) in [4.78, 5) is 20.0. The summed E-state index contributed by atoms with van der Waals surface area (Å²) in [5.74, 6) is -0.643. The maximum absolute atomic E-state index is 14.8. The normalized spacial score (nSPS) is 30.5. The number of carbonyl (C=O) groups excluding carboxylic acids is 1. The topological polar surface area (TPSA) is 46.5 Å². The van der Waals surface area contributed by atoms with Gasteiger partial charge in [-0.2, -0.15) is 4.98 Å². The van der Waals surface area contributed by atoms with Gasteiger partial charge in [0.25, 0.3) is 5.15 Å². The van der Waals surface area contributed by atoms with Crippen LogP contribution in [0.2, 0.25) is 5.15 Å². The third-order valence-corrected chi connectivity index (χ3v) is 10.1. The van der Waals surface area contributed by atoms with Crippen LogP contribution in [0.3, 0.4) is 0 Å². The van der Waals surface area contributed by atoms with E-state index in [1.807, 2.05) is 6.07 Å². The molecular formula is C30H37ClF2N3O+. The van der Waals surface area contributed by atoms with Crippen molar-refractivity contribution in [1.29, 1.82) is 0 Å². The monoisotopic (exact) mass is 528 g/mol. The zero-order chi connectivity index (χ0) is 25.6. The van der Waals surface area contributed by atoms with E-state index in [-0.39, 0.29) is 34.8 Å². The lowest BCUT2D eigenvalue weighted by Gasteiger charge is -2.47. The Morgan fingerprint density at radius 2 is 1.84 bits per heavy atom. The summed E-state index contributed by atoms with van der Waals surface area (Å²) in [5.41, 5.74) is 2.35. The Hall–Kier alpha value is -2.05. The van der Waals surface area contributed by atoms with Crippen LogP contribution in [0.1, 0.15) is 80.5 Å². The van der Waals surface area contributed by atoms with Gasteiger partial charge in [0, 0.05) is 54.7 Å². The van der Waals surface area contributed by atoms with E-state index in [1.54, 1.807) is 0 Å². The molecule has 1 amide bonds. The molecule has 2 saturated heterocycles. The molecule has 4 atom stereocenters. The first-order chi connectivity index (χ1) is 18.0. The van der Waals surface area contributed by atoms with Gasteiger partial charge in [-0.3, -0.25) is 4.79 Å². The second-order valence-electron chi connectivity index (χ2n) is 11.7. The van der Waals surface area contributed by atoms with E-state index >= 15 is 0 Å². The van der Waals surface area contributed by atoms with Crippen molar-refractivity contribution in [2.24, 2.45) is 11.8 Å². The van der Waals surface area contributed by atoms with Gasteiger partial charge < -0.3 is 10.2 Å². The number of aromatic amines is 1. The van der Waals surface area contributed by atoms with Gasteiger partial charge in [0.2, 0.25) is 5.91 Å². The number of hydrogen-bond donors (Lipinski definition) is 1. The SMILES string of the molecule is O=C([C@@H]1CNC[C@]12CCCc1[nH+]c(Cl)ccc12)N1CC[C@@H](c2c(F)cccc2F)C[C@H]1C1CCCCC1. The van der Waals surface area contributed by atoms with Crippen LogP contribution in [0.15, 0.2) is 30.3 Å². The molecule has 7 heteroatoms. The summed E-state index contributed by atoms with van der Waals surface area (Å²) < 4.78 is 29.5. The first-order valence-corrected chi connectivity index (χ1v) is 14.5. The van der Waals surface area contributed by atoms with Crippen LogP contribution in [0.5, 0.6) is 0 Å². The molecule has 2 aliphatic carbocycles. The molecule has 1 spiro atoms. The van der Waals surface area contributed by atoms with Gasteiger partial charge >= 0.3 is 0 Å².